The highest BCUT2D eigenvalue weighted by molar-refractivity contribution is 6.26. The maximum atomic E-state index is 7.08. The summed E-state index contributed by atoms with van der Waals surface area (Å²) < 4.78 is 14.1. The first-order valence-corrected chi connectivity index (χ1v) is 23.7. The van der Waals surface area contributed by atoms with Gasteiger partial charge in [-0.25, -0.2) is 0 Å². The summed E-state index contributed by atoms with van der Waals surface area (Å²) in [5.74, 6) is 0. The van der Waals surface area contributed by atoms with Crippen LogP contribution in [-0.2, 0) is 0 Å². The molecule has 0 bridgehead atoms. The molecule has 12 aromatic rings. The van der Waals surface area contributed by atoms with Gasteiger partial charge in [-0.05, 0) is 211 Å². The molecule has 4 nitrogen and oxygen atoms in total. The number of benzene rings is 10. The first-order chi connectivity index (χ1) is 33.0. The molecule has 0 amide bonds. The van der Waals surface area contributed by atoms with Crippen molar-refractivity contribution in [3.05, 3.63) is 214 Å². The van der Waals surface area contributed by atoms with Crippen LogP contribution in [0, 0.1) is 55.4 Å². The molecule has 0 saturated carbocycles. The summed E-state index contributed by atoms with van der Waals surface area (Å²) in [6, 6.07) is 62.0. The van der Waals surface area contributed by atoms with Crippen LogP contribution in [0.4, 0.5) is 34.1 Å². The smallest absolute Gasteiger partial charge is 0.179 e. The summed E-state index contributed by atoms with van der Waals surface area (Å²) >= 11 is 0. The van der Waals surface area contributed by atoms with E-state index in [-0.39, 0.29) is 0 Å². The van der Waals surface area contributed by atoms with Crippen molar-refractivity contribution in [3.63, 3.8) is 0 Å². The van der Waals surface area contributed by atoms with Crippen LogP contribution in [0.1, 0.15) is 44.5 Å². The van der Waals surface area contributed by atoms with Crippen LogP contribution >= 0.6 is 0 Å². The topological polar surface area (TPSA) is 32.8 Å². The number of anilines is 6. The Morgan fingerprint density at radius 1 is 0.324 bits per heavy atom. The van der Waals surface area contributed by atoms with Gasteiger partial charge >= 0.3 is 0 Å². The van der Waals surface area contributed by atoms with E-state index < -0.39 is 0 Å². The second kappa shape index (κ2) is 15.8. The van der Waals surface area contributed by atoms with Crippen molar-refractivity contribution >= 4 is 99.5 Å². The van der Waals surface area contributed by atoms with E-state index in [1.807, 2.05) is 0 Å². The molecule has 0 atom stereocenters. The van der Waals surface area contributed by atoms with Gasteiger partial charge in [0.05, 0.1) is 0 Å². The van der Waals surface area contributed by atoms with Gasteiger partial charge in [0.15, 0.2) is 11.2 Å². The summed E-state index contributed by atoms with van der Waals surface area (Å²) in [5.41, 5.74) is 22.4. The fraction of sp³-hybridized carbons (Fsp3) is 0.125. The van der Waals surface area contributed by atoms with Crippen molar-refractivity contribution in [3.8, 4) is 11.1 Å². The molecule has 0 aliphatic rings. The molecule has 0 N–H and O–H groups in total. The fourth-order valence-corrected chi connectivity index (χ4v) is 10.5. The SMILES string of the molecule is Cc1cccc(N(c2ccc3cc4c(cc3c2)oc2c4cc(-c3ccccc3)c3c4cc5ccc(N(c6cccc(C)c6C)c6cccc(C)c6C)cc5cc4oc23)c2cccc(C)c2C)c1C. The van der Waals surface area contributed by atoms with Crippen LogP contribution < -0.4 is 9.80 Å². The van der Waals surface area contributed by atoms with Gasteiger partial charge in [-0.15, -0.1) is 0 Å². The molecule has 10 aromatic carbocycles. The molecule has 68 heavy (non-hydrogen) atoms. The molecule has 2 heterocycles. The Morgan fingerprint density at radius 2 is 0.750 bits per heavy atom. The van der Waals surface area contributed by atoms with E-state index >= 15 is 0 Å². The number of hydrogen-bond donors (Lipinski definition) is 0. The summed E-state index contributed by atoms with van der Waals surface area (Å²) in [5, 5.41) is 8.73. The van der Waals surface area contributed by atoms with Crippen molar-refractivity contribution in [2.24, 2.45) is 0 Å². The first-order valence-electron chi connectivity index (χ1n) is 23.7. The lowest BCUT2D eigenvalue weighted by molar-refractivity contribution is 0.634. The van der Waals surface area contributed by atoms with Gasteiger partial charge in [-0.2, -0.15) is 0 Å². The summed E-state index contributed by atoms with van der Waals surface area (Å²) in [6.45, 7) is 17.6. The Labute approximate surface area is 397 Å². The van der Waals surface area contributed by atoms with Crippen molar-refractivity contribution < 1.29 is 8.83 Å². The van der Waals surface area contributed by atoms with Gasteiger partial charge in [0.2, 0.25) is 0 Å². The summed E-state index contributed by atoms with van der Waals surface area (Å²) in [6.07, 6.45) is 0. The van der Waals surface area contributed by atoms with Crippen LogP contribution in [0.25, 0.3) is 76.5 Å². The van der Waals surface area contributed by atoms with Gasteiger partial charge < -0.3 is 18.6 Å². The number of aryl methyl sites for hydroxylation is 4. The zero-order valence-corrected chi connectivity index (χ0v) is 39.9. The maximum absolute atomic E-state index is 7.08. The second-order valence-electron chi connectivity index (χ2n) is 18.9. The third-order valence-electron chi connectivity index (χ3n) is 14.9. The van der Waals surface area contributed by atoms with Crippen LogP contribution in [0.2, 0.25) is 0 Å². The molecular weight excluding hydrogens is 829 g/mol. The standard InChI is InChI=1S/C64H52N2O2/c1-37-16-12-22-56(41(37)5)65(57-23-13-17-38(2)42(57)6)50-28-26-46-32-53-54-36-52(45-20-10-9-11-21-45)62-55-33-47-27-29-51(31-49(47)35-61(55)68-64(62)63(54)67-60(53)34-48(46)30-50)66(58-24-14-18-39(3)43(58)7)59-25-15-19-40(4)44(59)8/h9-36H,1-8H3. The molecule has 0 aliphatic heterocycles. The highest BCUT2D eigenvalue weighted by atomic mass is 16.4. The van der Waals surface area contributed by atoms with Crippen molar-refractivity contribution in [1.82, 2.24) is 0 Å². The molecule has 0 aliphatic carbocycles. The van der Waals surface area contributed by atoms with Crippen LogP contribution in [-0.4, -0.2) is 0 Å². The average molecular weight is 881 g/mol. The molecule has 0 saturated heterocycles. The van der Waals surface area contributed by atoms with E-state index in [0.717, 1.165) is 87.9 Å². The Kier molecular flexibility index (Phi) is 9.60. The number of furan rings is 2. The summed E-state index contributed by atoms with van der Waals surface area (Å²) in [4.78, 5) is 4.82. The van der Waals surface area contributed by atoms with E-state index in [4.69, 9.17) is 8.83 Å². The van der Waals surface area contributed by atoms with Gasteiger partial charge in [0.1, 0.15) is 11.2 Å². The Morgan fingerprint density at radius 3 is 1.22 bits per heavy atom. The van der Waals surface area contributed by atoms with E-state index in [1.54, 1.807) is 0 Å². The highest BCUT2D eigenvalue weighted by Crippen LogP contribution is 2.48. The van der Waals surface area contributed by atoms with Crippen molar-refractivity contribution in [1.29, 1.82) is 0 Å². The summed E-state index contributed by atoms with van der Waals surface area (Å²) in [7, 11) is 0. The average Bonchev–Trinajstić information content (AvgIpc) is 3.90. The maximum Gasteiger partial charge on any atom is 0.179 e. The Hall–Kier alpha value is -8.08. The van der Waals surface area contributed by atoms with Crippen molar-refractivity contribution in [2.75, 3.05) is 9.80 Å². The van der Waals surface area contributed by atoms with E-state index in [0.29, 0.717) is 0 Å². The van der Waals surface area contributed by atoms with Gasteiger partial charge in [-0.1, -0.05) is 91.0 Å². The minimum atomic E-state index is 0.759. The molecule has 0 radical (unpaired) electrons. The molecule has 2 aromatic heterocycles. The van der Waals surface area contributed by atoms with Gasteiger partial charge in [-0.3, -0.25) is 0 Å². The normalized spacial score (nSPS) is 11.8. The van der Waals surface area contributed by atoms with E-state index in [1.165, 1.54) is 67.3 Å². The molecular formula is C64H52N2O2. The monoisotopic (exact) mass is 880 g/mol. The highest BCUT2D eigenvalue weighted by Gasteiger charge is 2.24. The fourth-order valence-electron chi connectivity index (χ4n) is 10.5. The first kappa shape index (κ1) is 41.4. The number of rotatable bonds is 7. The van der Waals surface area contributed by atoms with E-state index in [2.05, 4.69) is 235 Å². The predicted octanol–water partition coefficient (Wildman–Crippen LogP) is 18.9. The largest absolute Gasteiger partial charge is 0.452 e. The lowest BCUT2D eigenvalue weighted by Crippen LogP contribution is -2.13. The molecule has 4 heteroatoms. The quantitative estimate of drug-likeness (QED) is 0.160. The lowest BCUT2D eigenvalue weighted by Gasteiger charge is -2.30. The Bertz CT molecular complexity index is 3920. The molecule has 330 valence electrons. The van der Waals surface area contributed by atoms with Gasteiger partial charge in [0, 0.05) is 55.7 Å². The minimum absolute atomic E-state index is 0.759. The third kappa shape index (κ3) is 6.50. The zero-order valence-electron chi connectivity index (χ0n) is 39.9. The zero-order chi connectivity index (χ0) is 46.5. The number of hydrogen-bond acceptors (Lipinski definition) is 4. The number of nitrogens with zero attached hydrogens (tertiary/aromatic N) is 2. The van der Waals surface area contributed by atoms with Crippen LogP contribution in [0.15, 0.2) is 179 Å². The van der Waals surface area contributed by atoms with Crippen LogP contribution in [0.3, 0.4) is 0 Å². The van der Waals surface area contributed by atoms with E-state index in [9.17, 15) is 0 Å². The molecule has 0 spiro atoms. The predicted molar refractivity (Wildman–Crippen MR) is 289 cm³/mol. The molecule has 12 rings (SSSR count). The minimum Gasteiger partial charge on any atom is -0.452 e. The lowest BCUT2D eigenvalue weighted by atomic mass is 9.95. The van der Waals surface area contributed by atoms with Gasteiger partial charge in [0.25, 0.3) is 0 Å². The molecule has 0 fully saturated rings. The van der Waals surface area contributed by atoms with Crippen LogP contribution in [0.5, 0.6) is 0 Å². The third-order valence-corrected chi connectivity index (χ3v) is 14.9. The number of fused-ring (bicyclic) bond motifs is 9. The van der Waals surface area contributed by atoms with Crippen molar-refractivity contribution in [2.45, 2.75) is 55.4 Å². The molecule has 0 unspecified atom stereocenters. The second-order valence-corrected chi connectivity index (χ2v) is 18.9. The Balaban J connectivity index is 1.06.